The van der Waals surface area contributed by atoms with Crippen LogP contribution in [0, 0.1) is 5.82 Å². The van der Waals surface area contributed by atoms with Crippen molar-refractivity contribution < 1.29 is 9.18 Å². The largest absolute Gasteiger partial charge is 0.336 e. The van der Waals surface area contributed by atoms with E-state index in [0.717, 1.165) is 5.56 Å². The smallest absolute Gasteiger partial charge is 0.271 e. The monoisotopic (exact) mass is 369 g/mol. The maximum atomic E-state index is 14.0. The molecule has 1 aromatic carbocycles. The Morgan fingerprint density at radius 3 is 2.85 bits per heavy atom. The highest BCUT2D eigenvalue weighted by atomic mass is 32.1. The summed E-state index contributed by atoms with van der Waals surface area (Å²) in [5, 5.41) is 5.89. The summed E-state index contributed by atoms with van der Waals surface area (Å²) in [6.07, 6.45) is 5.32. The van der Waals surface area contributed by atoms with Crippen LogP contribution in [-0.4, -0.2) is 37.0 Å². The van der Waals surface area contributed by atoms with Crippen molar-refractivity contribution in [1.82, 2.24) is 24.1 Å². The first-order valence-corrected chi connectivity index (χ1v) is 8.85. The predicted molar refractivity (Wildman–Crippen MR) is 97.5 cm³/mol. The van der Waals surface area contributed by atoms with Crippen LogP contribution in [0.3, 0.4) is 0 Å². The first-order valence-electron chi connectivity index (χ1n) is 7.97. The third-order valence-corrected chi connectivity index (χ3v) is 4.94. The van der Waals surface area contributed by atoms with Gasteiger partial charge in [0.2, 0.25) is 0 Å². The highest BCUT2D eigenvalue weighted by Gasteiger charge is 2.19. The molecule has 132 valence electrons. The topological polar surface area (TPSA) is 55.4 Å². The van der Waals surface area contributed by atoms with Gasteiger partial charge in [-0.25, -0.2) is 9.37 Å². The maximum Gasteiger partial charge on any atom is 0.271 e. The average Bonchev–Trinajstić information content (AvgIpc) is 3.30. The molecule has 0 unspecified atom stereocenters. The Bertz CT molecular complexity index is 1100. The number of amides is 1. The number of carbonyl (C=O) groups excluding carboxylic acids is 1. The van der Waals surface area contributed by atoms with Crippen LogP contribution >= 0.6 is 11.3 Å². The Kier molecular flexibility index (Phi) is 4.04. The van der Waals surface area contributed by atoms with E-state index >= 15 is 0 Å². The second-order valence-electron chi connectivity index (χ2n) is 6.06. The zero-order chi connectivity index (χ0) is 18.3. The van der Waals surface area contributed by atoms with Gasteiger partial charge in [0.25, 0.3) is 5.91 Å². The van der Waals surface area contributed by atoms with E-state index in [2.05, 4.69) is 10.1 Å². The summed E-state index contributed by atoms with van der Waals surface area (Å²) in [6, 6.07) is 6.48. The summed E-state index contributed by atoms with van der Waals surface area (Å²) in [5.74, 6) is -0.461. The molecule has 26 heavy (non-hydrogen) atoms. The van der Waals surface area contributed by atoms with Crippen LogP contribution in [-0.2, 0) is 13.6 Å². The molecule has 3 heterocycles. The molecule has 4 rings (SSSR count). The second-order valence-corrected chi connectivity index (χ2v) is 6.90. The number of aryl methyl sites for hydroxylation is 1. The fourth-order valence-corrected chi connectivity index (χ4v) is 3.68. The van der Waals surface area contributed by atoms with E-state index in [4.69, 9.17) is 0 Å². The molecule has 0 aliphatic heterocycles. The summed E-state index contributed by atoms with van der Waals surface area (Å²) in [7, 11) is 3.58. The lowest BCUT2D eigenvalue weighted by atomic mass is 10.1. The summed E-state index contributed by atoms with van der Waals surface area (Å²) in [5.41, 5.74) is 2.39. The maximum absolute atomic E-state index is 14.0. The Labute approximate surface area is 153 Å². The quantitative estimate of drug-likeness (QED) is 0.555. The van der Waals surface area contributed by atoms with Gasteiger partial charge >= 0.3 is 0 Å². The van der Waals surface area contributed by atoms with Crippen molar-refractivity contribution in [2.45, 2.75) is 6.54 Å². The highest BCUT2D eigenvalue weighted by Crippen LogP contribution is 2.26. The van der Waals surface area contributed by atoms with Crippen LogP contribution in [0.15, 0.2) is 48.2 Å². The SMILES string of the molecule is CN(Cc1cnn(C)c1)C(=O)c1csc2nc(-c3ccccc3F)cn12. The standard InChI is InChI=1S/C18H16FN5OS/c1-22(8-12-7-20-23(2)9-12)17(25)16-11-26-18-21-15(10-24(16)18)13-5-3-4-6-14(13)19/h3-7,9-11H,8H2,1-2H3. The summed E-state index contributed by atoms with van der Waals surface area (Å²) >= 11 is 1.36. The van der Waals surface area contributed by atoms with Crippen LogP contribution < -0.4 is 0 Å². The molecule has 0 saturated heterocycles. The zero-order valence-electron chi connectivity index (χ0n) is 14.3. The molecule has 6 nitrogen and oxygen atoms in total. The highest BCUT2D eigenvalue weighted by molar-refractivity contribution is 7.15. The minimum Gasteiger partial charge on any atom is -0.336 e. The molecule has 8 heteroatoms. The van der Waals surface area contributed by atoms with Gasteiger partial charge in [-0.15, -0.1) is 11.3 Å². The molecule has 0 atom stereocenters. The van der Waals surface area contributed by atoms with Crippen LogP contribution in [0.4, 0.5) is 4.39 Å². The number of aromatic nitrogens is 4. The van der Waals surface area contributed by atoms with Gasteiger partial charge in [-0.1, -0.05) is 12.1 Å². The predicted octanol–water partition coefficient (Wildman–Crippen LogP) is 3.21. The van der Waals surface area contributed by atoms with Gasteiger partial charge in [-0.05, 0) is 12.1 Å². The normalized spacial score (nSPS) is 11.2. The molecule has 4 aromatic rings. The number of thiazole rings is 1. The van der Waals surface area contributed by atoms with Crippen LogP contribution in [0.25, 0.3) is 16.2 Å². The van der Waals surface area contributed by atoms with Crippen molar-refractivity contribution in [2.75, 3.05) is 7.05 Å². The number of hydrogen-bond acceptors (Lipinski definition) is 4. The lowest BCUT2D eigenvalue weighted by Gasteiger charge is -2.15. The third-order valence-electron chi connectivity index (χ3n) is 4.10. The fraction of sp³-hybridized carbons (Fsp3) is 0.167. The van der Waals surface area contributed by atoms with Crippen molar-refractivity contribution in [3.8, 4) is 11.3 Å². The van der Waals surface area contributed by atoms with Gasteiger partial charge in [0, 0.05) is 49.5 Å². The molecular weight excluding hydrogens is 353 g/mol. The minimum atomic E-state index is -0.333. The molecule has 0 fully saturated rings. The lowest BCUT2D eigenvalue weighted by molar-refractivity contribution is 0.0778. The van der Waals surface area contributed by atoms with E-state index < -0.39 is 0 Å². The first-order chi connectivity index (χ1) is 12.5. The zero-order valence-corrected chi connectivity index (χ0v) is 15.1. The molecule has 0 aliphatic carbocycles. The summed E-state index contributed by atoms with van der Waals surface area (Å²) in [4.78, 5) is 19.6. The van der Waals surface area contributed by atoms with Gasteiger partial charge in [0.15, 0.2) is 4.96 Å². The number of rotatable bonds is 4. The Balaban J connectivity index is 1.64. The molecule has 0 aliphatic rings. The number of halogens is 1. The summed E-state index contributed by atoms with van der Waals surface area (Å²) in [6.45, 7) is 0.457. The van der Waals surface area contributed by atoms with E-state index in [1.54, 1.807) is 57.0 Å². The number of hydrogen-bond donors (Lipinski definition) is 0. The van der Waals surface area contributed by atoms with Gasteiger partial charge in [0.1, 0.15) is 11.5 Å². The first kappa shape index (κ1) is 16.5. The molecule has 0 radical (unpaired) electrons. The number of fused-ring (bicyclic) bond motifs is 1. The molecule has 0 N–H and O–H groups in total. The number of carbonyl (C=O) groups is 1. The molecular formula is C18H16FN5OS. The Morgan fingerprint density at radius 1 is 1.31 bits per heavy atom. The molecule has 0 saturated carbocycles. The number of nitrogens with zero attached hydrogens (tertiary/aromatic N) is 5. The number of benzene rings is 1. The van der Waals surface area contributed by atoms with E-state index in [0.29, 0.717) is 28.5 Å². The van der Waals surface area contributed by atoms with E-state index in [-0.39, 0.29) is 11.7 Å². The average molecular weight is 369 g/mol. The van der Waals surface area contributed by atoms with Gasteiger partial charge in [-0.3, -0.25) is 13.9 Å². The van der Waals surface area contributed by atoms with E-state index in [9.17, 15) is 9.18 Å². The van der Waals surface area contributed by atoms with Crippen molar-refractivity contribution in [2.24, 2.45) is 7.05 Å². The van der Waals surface area contributed by atoms with E-state index in [1.807, 2.05) is 13.2 Å². The van der Waals surface area contributed by atoms with E-state index in [1.165, 1.54) is 17.4 Å². The van der Waals surface area contributed by atoms with Crippen molar-refractivity contribution in [1.29, 1.82) is 0 Å². The minimum absolute atomic E-state index is 0.127. The Morgan fingerprint density at radius 2 is 2.12 bits per heavy atom. The molecule has 0 bridgehead atoms. The van der Waals surface area contributed by atoms with Crippen LogP contribution in [0.5, 0.6) is 0 Å². The van der Waals surface area contributed by atoms with Crippen molar-refractivity contribution in [3.63, 3.8) is 0 Å². The third kappa shape index (κ3) is 2.88. The molecule has 0 spiro atoms. The molecule has 1 amide bonds. The van der Waals surface area contributed by atoms with Crippen molar-refractivity contribution in [3.05, 3.63) is 65.3 Å². The molecule has 3 aromatic heterocycles. The van der Waals surface area contributed by atoms with Gasteiger partial charge < -0.3 is 4.90 Å². The summed E-state index contributed by atoms with van der Waals surface area (Å²) < 4.78 is 17.4. The number of imidazole rings is 1. The Hall–Kier alpha value is -3.00. The van der Waals surface area contributed by atoms with Crippen LogP contribution in [0.1, 0.15) is 16.1 Å². The lowest BCUT2D eigenvalue weighted by Crippen LogP contribution is -2.27. The van der Waals surface area contributed by atoms with Gasteiger partial charge in [0.05, 0.1) is 11.9 Å². The van der Waals surface area contributed by atoms with Crippen LogP contribution in [0.2, 0.25) is 0 Å². The second kappa shape index (κ2) is 6.38. The fourth-order valence-electron chi connectivity index (χ4n) is 2.83. The van der Waals surface area contributed by atoms with Crippen molar-refractivity contribution >= 4 is 22.2 Å². The van der Waals surface area contributed by atoms with Gasteiger partial charge in [-0.2, -0.15) is 5.10 Å².